The van der Waals surface area contributed by atoms with Crippen LogP contribution in [0.4, 0.5) is 13.2 Å². The van der Waals surface area contributed by atoms with Gasteiger partial charge in [-0.25, -0.2) is 13.2 Å². The molecule has 0 saturated heterocycles. The molecule has 4 heteroatoms. The Bertz CT molecular complexity index is 1220. The minimum absolute atomic E-state index is 0.0959. The lowest BCUT2D eigenvalue weighted by atomic mass is 9.79. The Hall–Kier alpha value is -3.01. The maximum Gasteiger partial charge on any atom is 0.166 e. The van der Waals surface area contributed by atoms with Gasteiger partial charge in [-0.3, -0.25) is 0 Å². The van der Waals surface area contributed by atoms with E-state index in [1.165, 1.54) is 31.7 Å². The summed E-state index contributed by atoms with van der Waals surface area (Å²) in [5, 5.41) is 0. The topological polar surface area (TPSA) is 9.23 Å². The van der Waals surface area contributed by atoms with Crippen molar-refractivity contribution < 1.29 is 17.9 Å². The number of rotatable bonds is 12. The first-order chi connectivity index (χ1) is 19.0. The summed E-state index contributed by atoms with van der Waals surface area (Å²) in [7, 11) is 0. The van der Waals surface area contributed by atoms with Gasteiger partial charge in [0.25, 0.3) is 0 Å². The second-order valence-electron chi connectivity index (χ2n) is 11.0. The van der Waals surface area contributed by atoms with Gasteiger partial charge in [-0.15, -0.1) is 0 Å². The summed E-state index contributed by atoms with van der Waals surface area (Å²) in [6.45, 7) is 5.02. The van der Waals surface area contributed by atoms with E-state index in [-0.39, 0.29) is 17.3 Å². The standard InChI is InChI=1S/C35H41F3O/c1-3-4-5-6-7-8-23-39-30-20-19-29(33(36)24-30)18-13-26-11-16-28(17-12-26)32-22-21-31(34(37)35(32)38)27-14-9-25(2)10-15-27/h11-13,16-22,24-25,27H,3-10,14-15,23H2,1-2H3/b18-13+. The summed E-state index contributed by atoms with van der Waals surface area (Å²) in [5.41, 5.74) is 2.69. The predicted octanol–water partition coefficient (Wildman–Crippen LogP) is 11.0. The van der Waals surface area contributed by atoms with Crippen LogP contribution in [0.1, 0.15) is 101 Å². The molecule has 4 rings (SSSR count). The van der Waals surface area contributed by atoms with E-state index in [1.807, 2.05) is 18.2 Å². The first-order valence-corrected chi connectivity index (χ1v) is 14.6. The van der Waals surface area contributed by atoms with Gasteiger partial charge in [0.05, 0.1) is 6.61 Å². The molecule has 3 aromatic rings. The van der Waals surface area contributed by atoms with Crippen LogP contribution < -0.4 is 4.74 Å². The molecule has 1 aliphatic carbocycles. The molecule has 0 radical (unpaired) electrons. The summed E-state index contributed by atoms with van der Waals surface area (Å²) in [6.07, 6.45) is 14.6. The second-order valence-corrected chi connectivity index (χ2v) is 11.0. The molecule has 0 aromatic heterocycles. The van der Waals surface area contributed by atoms with E-state index in [0.29, 0.717) is 35.0 Å². The van der Waals surface area contributed by atoms with E-state index in [2.05, 4.69) is 13.8 Å². The Morgan fingerprint density at radius 3 is 2.21 bits per heavy atom. The van der Waals surface area contributed by atoms with Crippen molar-refractivity contribution in [3.8, 4) is 16.9 Å². The Labute approximate surface area is 232 Å². The fourth-order valence-electron chi connectivity index (χ4n) is 5.44. The van der Waals surface area contributed by atoms with Crippen molar-refractivity contribution >= 4 is 12.2 Å². The summed E-state index contributed by atoms with van der Waals surface area (Å²) in [4.78, 5) is 0. The molecule has 1 saturated carbocycles. The SMILES string of the molecule is CCCCCCCCOc1ccc(/C=C/c2ccc(-c3ccc(C4CCC(C)CC4)c(F)c3F)cc2)c(F)c1. The molecular formula is C35H41F3O. The lowest BCUT2D eigenvalue weighted by molar-refractivity contribution is 0.303. The minimum atomic E-state index is -0.782. The van der Waals surface area contributed by atoms with Crippen LogP contribution in [0.3, 0.4) is 0 Å². The van der Waals surface area contributed by atoms with Crippen LogP contribution >= 0.6 is 0 Å². The van der Waals surface area contributed by atoms with E-state index < -0.39 is 11.6 Å². The van der Waals surface area contributed by atoms with Crippen molar-refractivity contribution in [3.05, 3.63) is 88.7 Å². The van der Waals surface area contributed by atoms with E-state index in [4.69, 9.17) is 4.74 Å². The van der Waals surface area contributed by atoms with Crippen LogP contribution in [0, 0.1) is 23.4 Å². The molecule has 0 spiro atoms. The molecule has 0 N–H and O–H groups in total. The highest BCUT2D eigenvalue weighted by Crippen LogP contribution is 2.38. The van der Waals surface area contributed by atoms with Gasteiger partial charge in [0.1, 0.15) is 11.6 Å². The van der Waals surface area contributed by atoms with E-state index in [0.717, 1.165) is 44.1 Å². The molecular weight excluding hydrogens is 493 g/mol. The third-order valence-corrected chi connectivity index (χ3v) is 7.98. The van der Waals surface area contributed by atoms with E-state index in [1.54, 1.807) is 42.5 Å². The molecule has 1 aliphatic rings. The van der Waals surface area contributed by atoms with Gasteiger partial charge in [0.15, 0.2) is 11.6 Å². The van der Waals surface area contributed by atoms with Crippen molar-refractivity contribution in [1.82, 2.24) is 0 Å². The fourth-order valence-corrected chi connectivity index (χ4v) is 5.44. The van der Waals surface area contributed by atoms with Gasteiger partial charge >= 0.3 is 0 Å². The normalized spacial score (nSPS) is 17.6. The summed E-state index contributed by atoms with van der Waals surface area (Å²) in [6, 6.07) is 15.6. The Balaban J connectivity index is 1.34. The lowest BCUT2D eigenvalue weighted by Gasteiger charge is -2.27. The van der Waals surface area contributed by atoms with Crippen LogP contribution in [0.15, 0.2) is 54.6 Å². The zero-order chi connectivity index (χ0) is 27.6. The Morgan fingerprint density at radius 2 is 1.49 bits per heavy atom. The minimum Gasteiger partial charge on any atom is -0.493 e. The van der Waals surface area contributed by atoms with Crippen LogP contribution in [0.5, 0.6) is 5.75 Å². The van der Waals surface area contributed by atoms with Crippen LogP contribution in [0.25, 0.3) is 23.3 Å². The van der Waals surface area contributed by atoms with Gasteiger partial charge in [0.2, 0.25) is 0 Å². The second kappa shape index (κ2) is 14.4. The van der Waals surface area contributed by atoms with Crippen molar-refractivity contribution in [2.45, 2.75) is 84.0 Å². The highest BCUT2D eigenvalue weighted by molar-refractivity contribution is 5.73. The number of benzene rings is 3. The van der Waals surface area contributed by atoms with Crippen LogP contribution in [-0.2, 0) is 0 Å². The fraction of sp³-hybridized carbons (Fsp3) is 0.429. The van der Waals surface area contributed by atoms with Gasteiger partial charge in [-0.2, -0.15) is 0 Å². The molecule has 1 nitrogen and oxygen atoms in total. The van der Waals surface area contributed by atoms with Gasteiger partial charge in [-0.05, 0) is 59.9 Å². The molecule has 208 valence electrons. The van der Waals surface area contributed by atoms with Gasteiger partial charge in [0, 0.05) is 17.2 Å². The zero-order valence-corrected chi connectivity index (χ0v) is 23.3. The number of halogens is 3. The first-order valence-electron chi connectivity index (χ1n) is 14.6. The molecule has 3 aromatic carbocycles. The van der Waals surface area contributed by atoms with E-state index >= 15 is 4.39 Å². The van der Waals surface area contributed by atoms with Crippen LogP contribution in [-0.4, -0.2) is 6.61 Å². The van der Waals surface area contributed by atoms with E-state index in [9.17, 15) is 8.78 Å². The number of hydrogen-bond acceptors (Lipinski definition) is 1. The third-order valence-electron chi connectivity index (χ3n) is 7.98. The lowest BCUT2D eigenvalue weighted by Crippen LogP contribution is -2.13. The number of unbranched alkanes of at least 4 members (excludes halogenated alkanes) is 5. The summed E-state index contributed by atoms with van der Waals surface area (Å²) in [5.74, 6) is -0.542. The largest absolute Gasteiger partial charge is 0.493 e. The predicted molar refractivity (Wildman–Crippen MR) is 156 cm³/mol. The maximum atomic E-state index is 15.0. The first kappa shape index (κ1) is 29.0. The summed E-state index contributed by atoms with van der Waals surface area (Å²) >= 11 is 0. The maximum absolute atomic E-state index is 15.0. The number of hydrogen-bond donors (Lipinski definition) is 0. The number of ether oxygens (including phenoxy) is 1. The van der Waals surface area contributed by atoms with Crippen molar-refractivity contribution in [3.63, 3.8) is 0 Å². The monoisotopic (exact) mass is 534 g/mol. The molecule has 0 heterocycles. The highest BCUT2D eigenvalue weighted by atomic mass is 19.2. The van der Waals surface area contributed by atoms with Gasteiger partial charge < -0.3 is 4.74 Å². The van der Waals surface area contributed by atoms with Gasteiger partial charge in [-0.1, -0.05) is 107 Å². The van der Waals surface area contributed by atoms with Crippen molar-refractivity contribution in [2.24, 2.45) is 5.92 Å². The van der Waals surface area contributed by atoms with Crippen LogP contribution in [0.2, 0.25) is 0 Å². The van der Waals surface area contributed by atoms with Crippen molar-refractivity contribution in [2.75, 3.05) is 6.61 Å². The molecule has 1 fully saturated rings. The molecule has 0 atom stereocenters. The Kier molecular flexibility index (Phi) is 10.7. The third kappa shape index (κ3) is 8.00. The quantitative estimate of drug-likeness (QED) is 0.166. The molecule has 0 aliphatic heterocycles. The highest BCUT2D eigenvalue weighted by Gasteiger charge is 2.25. The smallest absolute Gasteiger partial charge is 0.166 e. The molecule has 0 unspecified atom stereocenters. The average molecular weight is 535 g/mol. The molecule has 0 bridgehead atoms. The molecule has 0 amide bonds. The zero-order valence-electron chi connectivity index (χ0n) is 23.3. The summed E-state index contributed by atoms with van der Waals surface area (Å²) < 4.78 is 50.4. The average Bonchev–Trinajstić information content (AvgIpc) is 2.94. The van der Waals surface area contributed by atoms with Crippen molar-refractivity contribution in [1.29, 1.82) is 0 Å². The molecule has 39 heavy (non-hydrogen) atoms. The Morgan fingerprint density at radius 1 is 0.769 bits per heavy atom.